The van der Waals surface area contributed by atoms with Gasteiger partial charge >= 0.3 is 0 Å². The summed E-state index contributed by atoms with van der Waals surface area (Å²) in [5.41, 5.74) is 0.830. The molecule has 15 heavy (non-hydrogen) atoms. The second kappa shape index (κ2) is 5.28. The fraction of sp³-hybridized carbons (Fsp3) is 0.600. The summed E-state index contributed by atoms with van der Waals surface area (Å²) in [6.07, 6.45) is 1.76. The highest BCUT2D eigenvalue weighted by molar-refractivity contribution is 6.30. The van der Waals surface area contributed by atoms with Crippen molar-refractivity contribution in [2.24, 2.45) is 0 Å². The predicted octanol–water partition coefficient (Wildman–Crippen LogP) is 2.01. The van der Waals surface area contributed by atoms with Gasteiger partial charge in [0.1, 0.15) is 17.3 Å². The summed E-state index contributed by atoms with van der Waals surface area (Å²) in [6.45, 7) is 5.61. The first-order valence-electron chi connectivity index (χ1n) is 4.92. The van der Waals surface area contributed by atoms with Crippen LogP contribution in [0.3, 0.4) is 0 Å². The zero-order valence-electron chi connectivity index (χ0n) is 9.16. The topological polar surface area (TPSA) is 58.0 Å². The lowest BCUT2D eigenvalue weighted by Gasteiger charge is -2.17. The van der Waals surface area contributed by atoms with Crippen molar-refractivity contribution < 1.29 is 5.11 Å². The Labute approximate surface area is 94.7 Å². The Morgan fingerprint density at radius 1 is 1.47 bits per heavy atom. The molecule has 1 aromatic rings. The Kier molecular flexibility index (Phi) is 4.29. The molecule has 0 spiro atoms. The summed E-state index contributed by atoms with van der Waals surface area (Å²) in [6, 6.07) is 0.148. The van der Waals surface area contributed by atoms with Crippen molar-refractivity contribution in [3.05, 3.63) is 17.0 Å². The van der Waals surface area contributed by atoms with Crippen molar-refractivity contribution in [2.75, 3.05) is 5.32 Å². The smallest absolute Gasteiger partial charge is 0.137 e. The van der Waals surface area contributed by atoms with Gasteiger partial charge in [0, 0.05) is 11.6 Å². The van der Waals surface area contributed by atoms with Crippen molar-refractivity contribution in [2.45, 2.75) is 39.3 Å². The monoisotopic (exact) mass is 229 g/mol. The molecule has 0 amide bonds. The average molecular weight is 230 g/mol. The highest BCUT2D eigenvalue weighted by Gasteiger charge is 2.10. The predicted molar refractivity (Wildman–Crippen MR) is 61.2 cm³/mol. The largest absolute Gasteiger partial charge is 0.393 e. The van der Waals surface area contributed by atoms with E-state index in [1.54, 1.807) is 6.92 Å². The van der Waals surface area contributed by atoms with Gasteiger partial charge in [0.05, 0.1) is 6.10 Å². The van der Waals surface area contributed by atoms with Gasteiger partial charge in [0.25, 0.3) is 0 Å². The van der Waals surface area contributed by atoms with Gasteiger partial charge in [-0.25, -0.2) is 9.97 Å². The third kappa shape index (κ3) is 3.64. The maximum atomic E-state index is 9.23. The molecule has 2 N–H and O–H groups in total. The third-order valence-corrected chi connectivity index (χ3v) is 2.48. The van der Waals surface area contributed by atoms with Crippen LogP contribution in [-0.2, 0) is 0 Å². The first kappa shape index (κ1) is 12.2. The number of anilines is 1. The molecular formula is C10H16ClN3O. The Bertz CT molecular complexity index is 330. The van der Waals surface area contributed by atoms with Crippen LogP contribution in [0.5, 0.6) is 0 Å². The maximum Gasteiger partial charge on any atom is 0.137 e. The van der Waals surface area contributed by atoms with Crippen LogP contribution in [0, 0.1) is 6.92 Å². The Balaban J connectivity index is 2.68. The summed E-state index contributed by atoms with van der Waals surface area (Å²) in [5.74, 6) is 0.725. The van der Waals surface area contributed by atoms with E-state index >= 15 is 0 Å². The molecule has 1 aromatic heterocycles. The fourth-order valence-electron chi connectivity index (χ4n) is 1.38. The molecular weight excluding hydrogens is 214 g/mol. The van der Waals surface area contributed by atoms with E-state index in [0.29, 0.717) is 11.6 Å². The first-order chi connectivity index (χ1) is 7.00. The van der Waals surface area contributed by atoms with Crippen molar-refractivity contribution in [3.63, 3.8) is 0 Å². The zero-order valence-corrected chi connectivity index (χ0v) is 9.91. The molecule has 4 nitrogen and oxygen atoms in total. The lowest BCUT2D eigenvalue weighted by atomic mass is 10.1. The van der Waals surface area contributed by atoms with E-state index < -0.39 is 0 Å². The van der Waals surface area contributed by atoms with Crippen LogP contribution in [0.2, 0.25) is 5.15 Å². The number of nitrogens with one attached hydrogen (secondary N) is 1. The minimum atomic E-state index is -0.329. The van der Waals surface area contributed by atoms with Crippen LogP contribution in [-0.4, -0.2) is 27.2 Å². The molecule has 0 bridgehead atoms. The van der Waals surface area contributed by atoms with Gasteiger partial charge in [0.15, 0.2) is 0 Å². The van der Waals surface area contributed by atoms with Crippen LogP contribution in [0.1, 0.15) is 25.8 Å². The summed E-state index contributed by atoms with van der Waals surface area (Å²) >= 11 is 5.86. The van der Waals surface area contributed by atoms with Crippen LogP contribution < -0.4 is 5.32 Å². The zero-order chi connectivity index (χ0) is 11.4. The van der Waals surface area contributed by atoms with E-state index in [1.807, 2.05) is 13.8 Å². The number of nitrogens with zero attached hydrogens (tertiary/aromatic N) is 2. The van der Waals surface area contributed by atoms with Gasteiger partial charge in [-0.05, 0) is 27.2 Å². The molecule has 0 aliphatic heterocycles. The van der Waals surface area contributed by atoms with Gasteiger partial charge in [-0.15, -0.1) is 0 Å². The molecule has 5 heteroatoms. The van der Waals surface area contributed by atoms with E-state index in [1.165, 1.54) is 6.33 Å². The highest BCUT2D eigenvalue weighted by atomic mass is 35.5. The number of rotatable bonds is 4. The summed E-state index contributed by atoms with van der Waals surface area (Å²) < 4.78 is 0. The molecule has 0 saturated carbocycles. The van der Waals surface area contributed by atoms with Crippen molar-refractivity contribution in [1.29, 1.82) is 0 Å². The van der Waals surface area contributed by atoms with Gasteiger partial charge in [-0.1, -0.05) is 11.6 Å². The standard InChI is InChI=1S/C10H16ClN3O/c1-6(4-7(2)15)14-10-8(3)9(11)12-5-13-10/h5-7,15H,4H2,1-3H3,(H,12,13,14). The third-order valence-electron chi connectivity index (χ3n) is 2.10. The van der Waals surface area contributed by atoms with Gasteiger partial charge in [-0.2, -0.15) is 0 Å². The quantitative estimate of drug-likeness (QED) is 0.776. The minimum Gasteiger partial charge on any atom is -0.393 e. The Morgan fingerprint density at radius 3 is 2.73 bits per heavy atom. The SMILES string of the molecule is Cc1c(Cl)ncnc1NC(C)CC(C)O. The molecule has 84 valence electrons. The van der Waals surface area contributed by atoms with Crippen LogP contribution in [0.25, 0.3) is 0 Å². The van der Waals surface area contributed by atoms with Gasteiger partial charge in [0.2, 0.25) is 0 Å². The maximum absolute atomic E-state index is 9.23. The number of hydrogen-bond acceptors (Lipinski definition) is 4. The van der Waals surface area contributed by atoms with Gasteiger partial charge < -0.3 is 10.4 Å². The van der Waals surface area contributed by atoms with Crippen LogP contribution in [0.15, 0.2) is 6.33 Å². The molecule has 0 saturated heterocycles. The molecule has 0 radical (unpaired) electrons. The second-order valence-corrected chi connectivity index (χ2v) is 4.13. The number of hydrogen-bond donors (Lipinski definition) is 2. The number of aromatic nitrogens is 2. The van der Waals surface area contributed by atoms with E-state index in [2.05, 4.69) is 15.3 Å². The lowest BCUT2D eigenvalue weighted by Crippen LogP contribution is -2.21. The van der Waals surface area contributed by atoms with Crippen LogP contribution >= 0.6 is 11.6 Å². The molecule has 0 aliphatic rings. The molecule has 2 atom stereocenters. The minimum absolute atomic E-state index is 0.148. The molecule has 0 aliphatic carbocycles. The summed E-state index contributed by atoms with van der Waals surface area (Å²) in [7, 11) is 0. The number of aliphatic hydroxyl groups excluding tert-OH is 1. The normalized spacial score (nSPS) is 14.7. The first-order valence-corrected chi connectivity index (χ1v) is 5.30. The Morgan fingerprint density at radius 2 is 2.13 bits per heavy atom. The second-order valence-electron chi connectivity index (χ2n) is 3.77. The van der Waals surface area contributed by atoms with Gasteiger partial charge in [-0.3, -0.25) is 0 Å². The number of halogens is 1. The Hall–Kier alpha value is -0.870. The molecule has 0 fully saturated rings. The fourth-order valence-corrected chi connectivity index (χ4v) is 1.51. The van der Waals surface area contributed by atoms with E-state index in [-0.39, 0.29) is 12.1 Å². The summed E-state index contributed by atoms with van der Waals surface area (Å²) in [5, 5.41) is 12.9. The molecule has 0 aromatic carbocycles. The number of aliphatic hydroxyl groups is 1. The van der Waals surface area contributed by atoms with Crippen molar-refractivity contribution >= 4 is 17.4 Å². The molecule has 1 heterocycles. The molecule has 2 unspecified atom stereocenters. The average Bonchev–Trinajstić information content (AvgIpc) is 2.11. The van der Waals surface area contributed by atoms with E-state index in [9.17, 15) is 5.11 Å². The van der Waals surface area contributed by atoms with E-state index in [4.69, 9.17) is 11.6 Å². The summed E-state index contributed by atoms with van der Waals surface area (Å²) in [4.78, 5) is 7.97. The van der Waals surface area contributed by atoms with Crippen molar-refractivity contribution in [3.8, 4) is 0 Å². The highest BCUT2D eigenvalue weighted by Crippen LogP contribution is 2.19. The lowest BCUT2D eigenvalue weighted by molar-refractivity contribution is 0.179. The van der Waals surface area contributed by atoms with Crippen molar-refractivity contribution in [1.82, 2.24) is 9.97 Å². The molecule has 1 rings (SSSR count). The van der Waals surface area contributed by atoms with E-state index in [0.717, 1.165) is 11.4 Å². The van der Waals surface area contributed by atoms with Crippen LogP contribution in [0.4, 0.5) is 5.82 Å².